The summed E-state index contributed by atoms with van der Waals surface area (Å²) in [7, 11) is 5.37. The maximum absolute atomic E-state index is 11.2. The first kappa shape index (κ1) is 14.6. The predicted molar refractivity (Wildman–Crippen MR) is 75.9 cm³/mol. The second kappa shape index (κ2) is 6.12. The fourth-order valence-electron chi connectivity index (χ4n) is 1.71. The van der Waals surface area contributed by atoms with Crippen molar-refractivity contribution in [2.75, 3.05) is 12.4 Å². The molecule has 0 aliphatic carbocycles. The van der Waals surface area contributed by atoms with E-state index in [-0.39, 0.29) is 0 Å². The van der Waals surface area contributed by atoms with Crippen LogP contribution in [0.3, 0.4) is 0 Å². The molecule has 0 aliphatic rings. The highest BCUT2D eigenvalue weighted by molar-refractivity contribution is 5.73. The van der Waals surface area contributed by atoms with Crippen molar-refractivity contribution < 1.29 is 14.1 Å². The van der Waals surface area contributed by atoms with Crippen LogP contribution in [0.2, 0.25) is 0 Å². The molecule has 0 aliphatic heterocycles. The Hall–Kier alpha value is -2.77. The van der Waals surface area contributed by atoms with Gasteiger partial charge in [-0.2, -0.15) is 0 Å². The molecular formula is C13H17N6O2+. The van der Waals surface area contributed by atoms with Gasteiger partial charge in [-0.05, 0) is 17.2 Å². The van der Waals surface area contributed by atoms with Gasteiger partial charge in [-0.15, -0.1) is 4.68 Å². The van der Waals surface area contributed by atoms with E-state index < -0.39 is 5.97 Å². The largest absolute Gasteiger partial charge is 0.424 e. The van der Waals surface area contributed by atoms with E-state index in [0.717, 1.165) is 5.69 Å². The number of hydrogen-bond donors (Lipinski definition) is 1. The smallest absolute Gasteiger partial charge is 0.403 e. The molecule has 8 heteroatoms. The van der Waals surface area contributed by atoms with Gasteiger partial charge < -0.3 is 10.1 Å². The SMILES string of the molecule is CNc1ccc(N=Nc2n(C)nc[n+]2C)c(OC(C)=O)c1. The van der Waals surface area contributed by atoms with Gasteiger partial charge in [-0.3, -0.25) is 4.79 Å². The van der Waals surface area contributed by atoms with Crippen molar-refractivity contribution in [3.63, 3.8) is 0 Å². The number of carbonyl (C=O) groups is 1. The van der Waals surface area contributed by atoms with Crippen molar-refractivity contribution in [2.45, 2.75) is 6.92 Å². The van der Waals surface area contributed by atoms with Gasteiger partial charge in [0, 0.05) is 30.8 Å². The van der Waals surface area contributed by atoms with Crippen LogP contribution in [0, 0.1) is 0 Å². The Balaban J connectivity index is 2.36. The van der Waals surface area contributed by atoms with Crippen molar-refractivity contribution in [1.82, 2.24) is 9.78 Å². The van der Waals surface area contributed by atoms with Crippen molar-refractivity contribution >= 4 is 23.3 Å². The average Bonchev–Trinajstić information content (AvgIpc) is 2.76. The predicted octanol–water partition coefficient (Wildman–Crippen LogP) is 1.63. The molecule has 21 heavy (non-hydrogen) atoms. The van der Waals surface area contributed by atoms with E-state index in [1.54, 1.807) is 41.8 Å². The Morgan fingerprint density at radius 1 is 1.43 bits per heavy atom. The second-order valence-electron chi connectivity index (χ2n) is 4.39. The van der Waals surface area contributed by atoms with Gasteiger partial charge in [0.2, 0.25) is 6.33 Å². The minimum absolute atomic E-state index is 0.350. The van der Waals surface area contributed by atoms with Gasteiger partial charge in [0.05, 0.1) is 14.1 Å². The monoisotopic (exact) mass is 289 g/mol. The number of ether oxygens (including phenoxy) is 1. The van der Waals surface area contributed by atoms with Crippen LogP contribution < -0.4 is 14.6 Å². The summed E-state index contributed by atoms with van der Waals surface area (Å²) >= 11 is 0. The topological polar surface area (TPSA) is 84.8 Å². The lowest BCUT2D eigenvalue weighted by atomic mass is 10.2. The molecule has 1 aromatic carbocycles. The lowest BCUT2D eigenvalue weighted by molar-refractivity contribution is -0.659. The van der Waals surface area contributed by atoms with Crippen molar-refractivity contribution in [3.05, 3.63) is 24.5 Å². The van der Waals surface area contributed by atoms with Crippen LogP contribution >= 0.6 is 0 Å². The Kier molecular flexibility index (Phi) is 4.27. The van der Waals surface area contributed by atoms with Crippen LogP contribution in [0.25, 0.3) is 0 Å². The number of nitrogens with one attached hydrogen (secondary N) is 1. The number of rotatable bonds is 4. The molecule has 0 saturated heterocycles. The molecule has 110 valence electrons. The number of hydrogen-bond acceptors (Lipinski definition) is 6. The normalized spacial score (nSPS) is 10.9. The number of carbonyl (C=O) groups excluding carboxylic acids is 1. The van der Waals surface area contributed by atoms with Crippen LogP contribution in [-0.2, 0) is 18.9 Å². The zero-order valence-corrected chi connectivity index (χ0v) is 12.4. The number of anilines is 1. The summed E-state index contributed by atoms with van der Waals surface area (Å²) in [5, 5.41) is 15.3. The van der Waals surface area contributed by atoms with E-state index in [4.69, 9.17) is 4.74 Å². The first-order chi connectivity index (χ1) is 10.0. The van der Waals surface area contributed by atoms with E-state index in [9.17, 15) is 4.79 Å². The molecular weight excluding hydrogens is 272 g/mol. The van der Waals surface area contributed by atoms with E-state index >= 15 is 0 Å². The standard InChI is InChI=1S/C13H16N6O2/c1-9(20)21-12-7-10(14-2)5-6-11(12)16-17-13-18(3)8-15-19(13)4/h5-8H,1-4H3/p+1. The van der Waals surface area contributed by atoms with Gasteiger partial charge in [0.25, 0.3) is 0 Å². The van der Waals surface area contributed by atoms with Crippen LogP contribution in [0.5, 0.6) is 5.75 Å². The molecule has 0 saturated carbocycles. The molecule has 0 radical (unpaired) electrons. The van der Waals surface area contributed by atoms with Crippen LogP contribution in [0.4, 0.5) is 17.3 Å². The average molecular weight is 289 g/mol. The Morgan fingerprint density at radius 3 is 2.76 bits per heavy atom. The summed E-state index contributed by atoms with van der Waals surface area (Å²) in [5.74, 6) is 0.509. The van der Waals surface area contributed by atoms with Crippen LogP contribution in [0.15, 0.2) is 34.8 Å². The zero-order chi connectivity index (χ0) is 15.4. The van der Waals surface area contributed by atoms with E-state index in [0.29, 0.717) is 17.4 Å². The molecule has 0 spiro atoms. The third kappa shape index (κ3) is 3.41. The fraction of sp³-hybridized carbons (Fsp3) is 0.308. The highest BCUT2D eigenvalue weighted by Crippen LogP contribution is 2.31. The van der Waals surface area contributed by atoms with Gasteiger partial charge in [0.1, 0.15) is 5.69 Å². The number of nitrogens with zero attached hydrogens (tertiary/aromatic N) is 5. The van der Waals surface area contributed by atoms with Gasteiger partial charge in [-0.25, -0.2) is 4.57 Å². The van der Waals surface area contributed by atoms with E-state index in [1.807, 2.05) is 13.1 Å². The zero-order valence-electron chi connectivity index (χ0n) is 12.4. The molecule has 0 fully saturated rings. The maximum Gasteiger partial charge on any atom is 0.403 e. The van der Waals surface area contributed by atoms with Gasteiger partial charge in [0.15, 0.2) is 5.75 Å². The van der Waals surface area contributed by atoms with Crippen molar-refractivity contribution in [2.24, 2.45) is 24.3 Å². The molecule has 0 atom stereocenters. The number of aryl methyl sites for hydroxylation is 2. The number of azo groups is 1. The van der Waals surface area contributed by atoms with Crippen molar-refractivity contribution in [1.29, 1.82) is 0 Å². The first-order valence-electron chi connectivity index (χ1n) is 6.31. The first-order valence-corrected chi connectivity index (χ1v) is 6.31. The highest BCUT2D eigenvalue weighted by atomic mass is 16.5. The highest BCUT2D eigenvalue weighted by Gasteiger charge is 2.13. The van der Waals surface area contributed by atoms with Gasteiger partial charge >= 0.3 is 11.9 Å². The summed E-state index contributed by atoms with van der Waals surface area (Å²) < 4.78 is 8.48. The summed E-state index contributed by atoms with van der Waals surface area (Å²) in [5.41, 5.74) is 1.28. The van der Waals surface area contributed by atoms with Crippen molar-refractivity contribution in [3.8, 4) is 5.75 Å². The lowest BCUT2D eigenvalue weighted by Crippen LogP contribution is -2.25. The summed E-state index contributed by atoms with van der Waals surface area (Å²) in [4.78, 5) is 11.2. The molecule has 0 unspecified atom stereocenters. The van der Waals surface area contributed by atoms with E-state index in [1.165, 1.54) is 6.92 Å². The van der Waals surface area contributed by atoms with Crippen LogP contribution in [0.1, 0.15) is 6.92 Å². The summed E-state index contributed by atoms with van der Waals surface area (Å²) in [6.45, 7) is 1.34. The lowest BCUT2D eigenvalue weighted by Gasteiger charge is -2.06. The molecule has 0 bridgehead atoms. The molecule has 2 aromatic rings. The van der Waals surface area contributed by atoms with Crippen LogP contribution in [-0.4, -0.2) is 22.8 Å². The minimum Gasteiger partial charge on any atom is -0.424 e. The minimum atomic E-state index is -0.411. The fourth-order valence-corrected chi connectivity index (χ4v) is 1.71. The number of esters is 1. The molecule has 1 aromatic heterocycles. The summed E-state index contributed by atoms with van der Waals surface area (Å²) in [6, 6.07) is 5.24. The molecule has 1 N–H and O–H groups in total. The quantitative estimate of drug-likeness (QED) is 0.401. The Morgan fingerprint density at radius 2 is 2.19 bits per heavy atom. The Bertz CT molecular complexity index is 672. The van der Waals surface area contributed by atoms with E-state index in [2.05, 4.69) is 20.6 Å². The molecule has 2 rings (SSSR count). The third-order valence-corrected chi connectivity index (χ3v) is 2.75. The Labute approximate surface area is 122 Å². The second-order valence-corrected chi connectivity index (χ2v) is 4.39. The third-order valence-electron chi connectivity index (χ3n) is 2.75. The molecule has 1 heterocycles. The number of aromatic nitrogens is 3. The molecule has 8 nitrogen and oxygen atoms in total. The molecule has 0 amide bonds. The van der Waals surface area contributed by atoms with Gasteiger partial charge in [-0.1, -0.05) is 5.11 Å². The summed E-state index contributed by atoms with van der Waals surface area (Å²) in [6.07, 6.45) is 1.63. The maximum atomic E-state index is 11.2. The number of benzene rings is 1.